The summed E-state index contributed by atoms with van der Waals surface area (Å²) in [5, 5.41) is 7.95. The van der Waals surface area contributed by atoms with Crippen LogP contribution in [0, 0.1) is 13.8 Å². The first-order chi connectivity index (χ1) is 9.78. The van der Waals surface area contributed by atoms with Gasteiger partial charge in [-0.25, -0.2) is 4.68 Å². The van der Waals surface area contributed by atoms with Crippen LogP contribution in [-0.4, -0.2) is 20.3 Å². The average Bonchev–Trinajstić information content (AvgIpc) is 2.63. The van der Waals surface area contributed by atoms with Gasteiger partial charge in [-0.05, 0) is 46.8 Å². The summed E-state index contributed by atoms with van der Waals surface area (Å²) in [6.07, 6.45) is 1.76. The topological polar surface area (TPSA) is 52.0 Å². The van der Waals surface area contributed by atoms with Crippen LogP contribution < -0.4 is 10.1 Å². The first-order valence-electron chi connectivity index (χ1n) is 7.15. The molecule has 0 aliphatic rings. The number of pyridine rings is 1. The summed E-state index contributed by atoms with van der Waals surface area (Å²) in [5.41, 5.74) is 2.97. The van der Waals surface area contributed by atoms with Gasteiger partial charge in [0.2, 0.25) is 5.88 Å². The minimum Gasteiger partial charge on any atom is -0.437 e. The first kappa shape index (κ1) is 15.5. The van der Waals surface area contributed by atoms with Gasteiger partial charge in [0.25, 0.3) is 0 Å². The van der Waals surface area contributed by atoms with Crippen LogP contribution in [0.25, 0.3) is 0 Å². The van der Waals surface area contributed by atoms with Gasteiger partial charge < -0.3 is 10.1 Å². The lowest BCUT2D eigenvalue weighted by Crippen LogP contribution is -2.35. The van der Waals surface area contributed by atoms with E-state index in [1.165, 1.54) is 0 Å². The molecule has 0 saturated carbocycles. The molecule has 21 heavy (non-hydrogen) atoms. The van der Waals surface area contributed by atoms with E-state index in [1.54, 1.807) is 10.9 Å². The molecule has 5 heteroatoms. The van der Waals surface area contributed by atoms with Gasteiger partial charge in [-0.3, -0.25) is 4.98 Å². The maximum atomic E-state index is 6.06. The Morgan fingerprint density at radius 3 is 2.57 bits per heavy atom. The number of hydrogen-bond acceptors (Lipinski definition) is 4. The maximum Gasteiger partial charge on any atom is 0.222 e. The van der Waals surface area contributed by atoms with Crippen molar-refractivity contribution in [3.8, 4) is 11.6 Å². The number of hydrogen-bond donors (Lipinski definition) is 1. The molecule has 0 aliphatic heterocycles. The summed E-state index contributed by atoms with van der Waals surface area (Å²) in [6.45, 7) is 11.1. The zero-order valence-electron chi connectivity index (χ0n) is 13.7. The minimum atomic E-state index is 0.0454. The van der Waals surface area contributed by atoms with E-state index in [9.17, 15) is 0 Å². The fourth-order valence-electron chi connectivity index (χ4n) is 2.05. The molecular formula is C16H24N4O. The number of nitrogens with zero attached hydrogens (tertiary/aromatic N) is 3. The summed E-state index contributed by atoms with van der Waals surface area (Å²) in [4.78, 5) is 4.26. The van der Waals surface area contributed by atoms with Gasteiger partial charge in [0, 0.05) is 25.3 Å². The summed E-state index contributed by atoms with van der Waals surface area (Å²) in [7, 11) is 1.90. The van der Waals surface area contributed by atoms with Crippen LogP contribution in [0.4, 0.5) is 0 Å². The molecule has 2 aromatic heterocycles. The first-order valence-corrected chi connectivity index (χ1v) is 7.15. The molecule has 0 atom stereocenters. The van der Waals surface area contributed by atoms with Crippen molar-refractivity contribution >= 4 is 0 Å². The highest BCUT2D eigenvalue weighted by Crippen LogP contribution is 2.28. The van der Waals surface area contributed by atoms with Gasteiger partial charge in [0.1, 0.15) is 0 Å². The molecule has 2 heterocycles. The van der Waals surface area contributed by atoms with Crippen LogP contribution in [0.5, 0.6) is 11.6 Å². The van der Waals surface area contributed by atoms with Crippen LogP contribution in [0.2, 0.25) is 0 Å². The second-order valence-corrected chi connectivity index (χ2v) is 6.29. The largest absolute Gasteiger partial charge is 0.437 e. The van der Waals surface area contributed by atoms with E-state index in [0.29, 0.717) is 0 Å². The minimum absolute atomic E-state index is 0.0454. The van der Waals surface area contributed by atoms with Gasteiger partial charge in [0.15, 0.2) is 5.75 Å². The van der Waals surface area contributed by atoms with Crippen molar-refractivity contribution in [1.29, 1.82) is 0 Å². The standard InChI is InChI=1S/C16H24N4O/c1-11-13(10-18-16(3,4)5)15(20(6)19-11)21-14-8-7-9-17-12(14)2/h7-9,18H,10H2,1-6H3. The van der Waals surface area contributed by atoms with Crippen molar-refractivity contribution < 1.29 is 4.74 Å². The van der Waals surface area contributed by atoms with Crippen molar-refractivity contribution in [2.45, 2.75) is 46.7 Å². The third-order valence-corrected chi connectivity index (χ3v) is 3.25. The van der Waals surface area contributed by atoms with Crippen molar-refractivity contribution in [2.75, 3.05) is 0 Å². The fraction of sp³-hybridized carbons (Fsp3) is 0.500. The Morgan fingerprint density at radius 2 is 1.95 bits per heavy atom. The molecule has 1 N–H and O–H groups in total. The van der Waals surface area contributed by atoms with E-state index in [2.05, 4.69) is 36.2 Å². The summed E-state index contributed by atoms with van der Waals surface area (Å²) in [5.74, 6) is 1.53. The Hall–Kier alpha value is -1.88. The number of aryl methyl sites for hydroxylation is 3. The smallest absolute Gasteiger partial charge is 0.222 e. The van der Waals surface area contributed by atoms with Gasteiger partial charge in [-0.2, -0.15) is 5.10 Å². The lowest BCUT2D eigenvalue weighted by molar-refractivity contribution is 0.399. The third-order valence-electron chi connectivity index (χ3n) is 3.25. The van der Waals surface area contributed by atoms with Crippen molar-refractivity contribution in [2.24, 2.45) is 7.05 Å². The Labute approximate surface area is 126 Å². The molecular weight excluding hydrogens is 264 g/mol. The molecule has 0 aromatic carbocycles. The van der Waals surface area contributed by atoms with Gasteiger partial charge >= 0.3 is 0 Å². The van der Waals surface area contributed by atoms with Crippen LogP contribution in [-0.2, 0) is 13.6 Å². The van der Waals surface area contributed by atoms with Crippen LogP contribution in [0.15, 0.2) is 18.3 Å². The zero-order chi connectivity index (χ0) is 15.6. The summed E-state index contributed by atoms with van der Waals surface area (Å²) in [6, 6.07) is 3.80. The summed E-state index contributed by atoms with van der Waals surface area (Å²) >= 11 is 0. The van der Waals surface area contributed by atoms with Crippen molar-refractivity contribution in [3.63, 3.8) is 0 Å². The monoisotopic (exact) mass is 288 g/mol. The van der Waals surface area contributed by atoms with Crippen LogP contribution in [0.1, 0.15) is 37.7 Å². The predicted molar refractivity (Wildman–Crippen MR) is 83.6 cm³/mol. The van der Waals surface area contributed by atoms with E-state index in [0.717, 1.165) is 35.1 Å². The Balaban J connectivity index is 2.29. The summed E-state index contributed by atoms with van der Waals surface area (Å²) < 4.78 is 7.83. The van der Waals surface area contributed by atoms with Gasteiger partial charge in [-0.15, -0.1) is 0 Å². The molecule has 0 fully saturated rings. The Morgan fingerprint density at radius 1 is 1.24 bits per heavy atom. The second-order valence-electron chi connectivity index (χ2n) is 6.29. The Kier molecular flexibility index (Phi) is 4.32. The molecule has 2 aromatic rings. The SMILES string of the molecule is Cc1ncccc1Oc1c(CNC(C)(C)C)c(C)nn1C. The second kappa shape index (κ2) is 5.85. The molecule has 0 amide bonds. The predicted octanol–water partition coefficient (Wildman–Crippen LogP) is 3.11. The highest BCUT2D eigenvalue weighted by atomic mass is 16.5. The highest BCUT2D eigenvalue weighted by Gasteiger charge is 2.18. The van der Waals surface area contributed by atoms with Crippen LogP contribution >= 0.6 is 0 Å². The van der Waals surface area contributed by atoms with Crippen molar-refractivity contribution in [3.05, 3.63) is 35.3 Å². The number of aromatic nitrogens is 3. The number of ether oxygens (including phenoxy) is 1. The molecule has 114 valence electrons. The fourth-order valence-corrected chi connectivity index (χ4v) is 2.05. The maximum absolute atomic E-state index is 6.06. The zero-order valence-corrected chi connectivity index (χ0v) is 13.7. The van der Waals surface area contributed by atoms with Gasteiger partial charge in [0.05, 0.1) is 17.0 Å². The van der Waals surface area contributed by atoms with Crippen LogP contribution in [0.3, 0.4) is 0 Å². The quantitative estimate of drug-likeness (QED) is 0.939. The normalized spacial score (nSPS) is 11.7. The van der Waals surface area contributed by atoms with E-state index < -0.39 is 0 Å². The molecule has 0 saturated heterocycles. The Bertz CT molecular complexity index is 626. The molecule has 2 rings (SSSR count). The lowest BCUT2D eigenvalue weighted by atomic mass is 10.1. The molecule has 0 aliphatic carbocycles. The average molecular weight is 288 g/mol. The number of rotatable bonds is 4. The van der Waals surface area contributed by atoms with Gasteiger partial charge in [-0.1, -0.05) is 0 Å². The van der Waals surface area contributed by atoms with E-state index >= 15 is 0 Å². The molecule has 0 spiro atoms. The lowest BCUT2D eigenvalue weighted by Gasteiger charge is -2.21. The highest BCUT2D eigenvalue weighted by molar-refractivity contribution is 5.37. The molecule has 5 nitrogen and oxygen atoms in total. The van der Waals surface area contributed by atoms with Crippen molar-refractivity contribution in [1.82, 2.24) is 20.1 Å². The number of nitrogens with one attached hydrogen (secondary N) is 1. The third kappa shape index (κ3) is 3.82. The molecule has 0 radical (unpaired) electrons. The molecule has 0 bridgehead atoms. The van der Waals surface area contributed by atoms with E-state index in [-0.39, 0.29) is 5.54 Å². The van der Waals surface area contributed by atoms with E-state index in [4.69, 9.17) is 4.74 Å². The molecule has 0 unspecified atom stereocenters. The van der Waals surface area contributed by atoms with E-state index in [1.807, 2.05) is 33.0 Å².